The van der Waals surface area contributed by atoms with Gasteiger partial charge in [0.1, 0.15) is 0 Å². The van der Waals surface area contributed by atoms with Crippen molar-refractivity contribution in [2.45, 2.75) is 17.7 Å². The number of carbonyl (C=O) groups is 1. The minimum atomic E-state index is -3.63. The molecule has 9 heteroatoms. The molecule has 0 atom stereocenters. The number of hydrogen-bond acceptors (Lipinski definition) is 4. The van der Waals surface area contributed by atoms with Crippen molar-refractivity contribution < 1.29 is 22.0 Å². The molecule has 1 aliphatic rings. The van der Waals surface area contributed by atoms with E-state index in [1.54, 1.807) is 0 Å². The second kappa shape index (κ2) is 7.93. The fourth-order valence-electron chi connectivity index (χ4n) is 2.70. The summed E-state index contributed by atoms with van der Waals surface area (Å²) in [5, 5.41) is 3.68. The van der Waals surface area contributed by atoms with Crippen LogP contribution in [-0.4, -0.2) is 37.9 Å². The van der Waals surface area contributed by atoms with Crippen LogP contribution in [0.25, 0.3) is 0 Å². The maximum atomic E-state index is 13.1. The van der Waals surface area contributed by atoms with E-state index in [-0.39, 0.29) is 16.0 Å². The second-order valence-corrected chi connectivity index (χ2v) is 7.95. The molecular formula is C18H17F2N3O3S. The molecule has 1 aliphatic heterocycles. The van der Waals surface area contributed by atoms with E-state index in [0.717, 1.165) is 31.2 Å². The van der Waals surface area contributed by atoms with Crippen molar-refractivity contribution in [1.82, 2.24) is 9.73 Å². The van der Waals surface area contributed by atoms with Gasteiger partial charge in [-0.15, -0.1) is 0 Å². The summed E-state index contributed by atoms with van der Waals surface area (Å²) in [5.74, 6) is -2.62. The third-order valence-corrected chi connectivity index (χ3v) is 6.02. The largest absolute Gasteiger partial charge is 0.271 e. The summed E-state index contributed by atoms with van der Waals surface area (Å²) >= 11 is 0. The molecule has 27 heavy (non-hydrogen) atoms. The quantitative estimate of drug-likeness (QED) is 0.626. The predicted octanol–water partition coefficient (Wildman–Crippen LogP) is 2.51. The van der Waals surface area contributed by atoms with Crippen LogP contribution < -0.4 is 5.43 Å². The molecule has 1 saturated heterocycles. The second-order valence-electron chi connectivity index (χ2n) is 6.01. The van der Waals surface area contributed by atoms with Crippen molar-refractivity contribution in [3.8, 4) is 0 Å². The molecule has 1 heterocycles. The molecule has 0 spiro atoms. The number of benzene rings is 2. The van der Waals surface area contributed by atoms with Crippen LogP contribution in [0.4, 0.5) is 8.78 Å². The van der Waals surface area contributed by atoms with Gasteiger partial charge in [-0.25, -0.2) is 22.6 Å². The summed E-state index contributed by atoms with van der Waals surface area (Å²) in [6.45, 7) is 0.939. The van der Waals surface area contributed by atoms with Crippen LogP contribution in [0.15, 0.2) is 52.5 Å². The van der Waals surface area contributed by atoms with Crippen molar-refractivity contribution in [1.29, 1.82) is 0 Å². The number of nitrogens with one attached hydrogen (secondary N) is 1. The number of carbonyl (C=O) groups excluding carboxylic acids is 1. The van der Waals surface area contributed by atoms with E-state index < -0.39 is 27.6 Å². The molecule has 1 N–H and O–H groups in total. The number of hydrazone groups is 1. The summed E-state index contributed by atoms with van der Waals surface area (Å²) in [6.07, 6.45) is 2.79. The topological polar surface area (TPSA) is 78.8 Å². The maximum absolute atomic E-state index is 13.1. The number of hydrogen-bond donors (Lipinski definition) is 1. The maximum Gasteiger partial charge on any atom is 0.271 e. The van der Waals surface area contributed by atoms with Gasteiger partial charge < -0.3 is 0 Å². The summed E-state index contributed by atoms with van der Waals surface area (Å²) < 4.78 is 52.5. The molecule has 0 saturated carbocycles. The highest BCUT2D eigenvalue weighted by Crippen LogP contribution is 2.21. The first-order valence-electron chi connectivity index (χ1n) is 8.26. The first-order valence-corrected chi connectivity index (χ1v) is 9.70. The van der Waals surface area contributed by atoms with Crippen molar-refractivity contribution in [3.63, 3.8) is 0 Å². The fourth-order valence-corrected chi connectivity index (χ4v) is 4.26. The molecule has 2 aromatic rings. The number of sulfonamides is 1. The number of amides is 1. The van der Waals surface area contributed by atoms with Gasteiger partial charge in [-0.3, -0.25) is 4.79 Å². The highest BCUT2D eigenvalue weighted by molar-refractivity contribution is 7.89. The van der Waals surface area contributed by atoms with Gasteiger partial charge in [-0.2, -0.15) is 9.41 Å². The highest BCUT2D eigenvalue weighted by atomic mass is 32.2. The lowest BCUT2D eigenvalue weighted by Crippen LogP contribution is -2.28. The Morgan fingerprint density at radius 3 is 2.52 bits per heavy atom. The van der Waals surface area contributed by atoms with Crippen molar-refractivity contribution in [3.05, 3.63) is 65.2 Å². The zero-order valence-electron chi connectivity index (χ0n) is 14.2. The third-order valence-electron chi connectivity index (χ3n) is 4.12. The van der Waals surface area contributed by atoms with Gasteiger partial charge in [0, 0.05) is 18.7 Å². The van der Waals surface area contributed by atoms with Crippen molar-refractivity contribution in [2.75, 3.05) is 13.1 Å². The number of halogens is 2. The van der Waals surface area contributed by atoms with Crippen molar-refractivity contribution >= 4 is 22.1 Å². The molecule has 1 amide bonds. The fraction of sp³-hybridized carbons (Fsp3) is 0.222. The smallest absolute Gasteiger partial charge is 0.267 e. The minimum absolute atomic E-state index is 0.0432. The zero-order valence-corrected chi connectivity index (χ0v) is 15.0. The van der Waals surface area contributed by atoms with Gasteiger partial charge in [0.15, 0.2) is 11.6 Å². The van der Waals surface area contributed by atoms with Crippen LogP contribution >= 0.6 is 0 Å². The van der Waals surface area contributed by atoms with Gasteiger partial charge in [0.25, 0.3) is 5.91 Å². The summed E-state index contributed by atoms with van der Waals surface area (Å²) in [6, 6.07) is 8.87. The molecule has 3 rings (SSSR count). The Balaban J connectivity index is 1.71. The van der Waals surface area contributed by atoms with Crippen molar-refractivity contribution in [2.24, 2.45) is 5.10 Å². The van der Waals surface area contributed by atoms with E-state index in [1.165, 1.54) is 34.6 Å². The summed E-state index contributed by atoms with van der Waals surface area (Å²) in [5.41, 5.74) is 2.62. The molecule has 6 nitrogen and oxygen atoms in total. The molecule has 0 radical (unpaired) electrons. The lowest BCUT2D eigenvalue weighted by atomic mass is 10.2. The summed E-state index contributed by atoms with van der Waals surface area (Å²) in [7, 11) is -3.63. The monoisotopic (exact) mass is 393 g/mol. The lowest BCUT2D eigenvalue weighted by Gasteiger charge is -2.15. The van der Waals surface area contributed by atoms with Gasteiger partial charge in [-0.05, 0) is 48.7 Å². The molecular weight excluding hydrogens is 376 g/mol. The number of nitrogens with zero attached hydrogens (tertiary/aromatic N) is 2. The molecule has 142 valence electrons. The Bertz CT molecular complexity index is 987. The van der Waals surface area contributed by atoms with E-state index in [1.807, 2.05) is 0 Å². The first-order chi connectivity index (χ1) is 12.9. The molecule has 0 bridgehead atoms. The average Bonchev–Trinajstić information content (AvgIpc) is 3.20. The van der Waals surface area contributed by atoms with Crippen LogP contribution in [0.3, 0.4) is 0 Å². The lowest BCUT2D eigenvalue weighted by molar-refractivity contribution is 0.0955. The molecule has 1 fully saturated rings. The minimum Gasteiger partial charge on any atom is -0.267 e. The molecule has 0 unspecified atom stereocenters. The first kappa shape index (κ1) is 19.1. The Morgan fingerprint density at radius 1 is 1.07 bits per heavy atom. The SMILES string of the molecule is O=C(N/N=C\c1ccc(F)c(F)c1)c1cccc(S(=O)(=O)N2CCCC2)c1. The average molecular weight is 393 g/mol. The van der Waals surface area contributed by atoms with E-state index in [9.17, 15) is 22.0 Å². The van der Waals surface area contributed by atoms with Crippen LogP contribution in [0.5, 0.6) is 0 Å². The van der Waals surface area contributed by atoms with Gasteiger partial charge in [0.2, 0.25) is 10.0 Å². The van der Waals surface area contributed by atoms with Gasteiger partial charge in [0.05, 0.1) is 11.1 Å². The standard InChI is InChI=1S/C18H17F2N3O3S/c19-16-7-6-13(10-17(16)20)12-21-22-18(24)14-4-3-5-15(11-14)27(25,26)23-8-1-2-9-23/h3-7,10-12H,1-2,8-9H2,(H,22,24)/b21-12-. The number of rotatable bonds is 5. The Morgan fingerprint density at radius 2 is 1.81 bits per heavy atom. The van der Waals surface area contributed by atoms with Crippen LogP contribution in [0.1, 0.15) is 28.8 Å². The Kier molecular flexibility index (Phi) is 5.62. The van der Waals surface area contributed by atoms with Gasteiger partial charge in [-0.1, -0.05) is 12.1 Å². The molecule has 0 aromatic heterocycles. The van der Waals surface area contributed by atoms with E-state index >= 15 is 0 Å². The van der Waals surface area contributed by atoms with Crippen LogP contribution in [0, 0.1) is 11.6 Å². The molecule has 0 aliphatic carbocycles. The summed E-state index contributed by atoms with van der Waals surface area (Å²) in [4.78, 5) is 12.2. The molecule has 2 aromatic carbocycles. The normalized spacial score (nSPS) is 15.3. The van der Waals surface area contributed by atoms with Gasteiger partial charge >= 0.3 is 0 Å². The van der Waals surface area contributed by atoms with E-state index in [4.69, 9.17) is 0 Å². The third kappa shape index (κ3) is 4.37. The van der Waals surface area contributed by atoms with Crippen LogP contribution in [0.2, 0.25) is 0 Å². The highest BCUT2D eigenvalue weighted by Gasteiger charge is 2.27. The van der Waals surface area contributed by atoms with E-state index in [0.29, 0.717) is 13.1 Å². The Labute approximate surface area is 155 Å². The predicted molar refractivity (Wildman–Crippen MR) is 95.9 cm³/mol. The van der Waals surface area contributed by atoms with Crippen LogP contribution in [-0.2, 0) is 10.0 Å². The zero-order chi connectivity index (χ0) is 19.4. The van der Waals surface area contributed by atoms with E-state index in [2.05, 4.69) is 10.5 Å². The Hall–Kier alpha value is -2.65.